The van der Waals surface area contributed by atoms with Gasteiger partial charge in [0.2, 0.25) is 0 Å². The van der Waals surface area contributed by atoms with Crippen molar-refractivity contribution >= 4 is 11.5 Å². The van der Waals surface area contributed by atoms with Crippen molar-refractivity contribution in [2.45, 2.75) is 6.54 Å². The van der Waals surface area contributed by atoms with E-state index in [-0.39, 0.29) is 11.5 Å². The van der Waals surface area contributed by atoms with Gasteiger partial charge in [-0.1, -0.05) is 24.3 Å². The van der Waals surface area contributed by atoms with Crippen LogP contribution >= 0.6 is 0 Å². The molecule has 96 valence electrons. The van der Waals surface area contributed by atoms with Gasteiger partial charge in [-0.15, -0.1) is 0 Å². The molecule has 5 heteroatoms. The third kappa shape index (κ3) is 1.78. The summed E-state index contributed by atoms with van der Waals surface area (Å²) >= 11 is 0. The van der Waals surface area contributed by atoms with Crippen LogP contribution in [0.2, 0.25) is 0 Å². The minimum Gasteiger partial charge on any atom is -0.322 e. The van der Waals surface area contributed by atoms with Crippen LogP contribution in [0.4, 0.5) is 18.9 Å². The Bertz CT molecular complexity index is 659. The van der Waals surface area contributed by atoms with Gasteiger partial charge in [-0.3, -0.25) is 5.41 Å². The number of nitrogens with one attached hydrogen (secondary N) is 1. The van der Waals surface area contributed by atoms with Crippen molar-refractivity contribution in [3.8, 4) is 0 Å². The number of anilines is 1. The lowest BCUT2D eigenvalue weighted by atomic mass is 10.1. The van der Waals surface area contributed by atoms with Crippen molar-refractivity contribution in [2.75, 3.05) is 4.90 Å². The zero-order valence-corrected chi connectivity index (χ0v) is 9.75. The van der Waals surface area contributed by atoms with E-state index in [4.69, 9.17) is 5.41 Å². The molecule has 2 aromatic carbocycles. The molecule has 0 radical (unpaired) electrons. The molecule has 0 saturated heterocycles. The Balaban J connectivity index is 2.05. The van der Waals surface area contributed by atoms with Crippen molar-refractivity contribution in [3.05, 3.63) is 65.0 Å². The third-order valence-electron chi connectivity index (χ3n) is 3.15. The largest absolute Gasteiger partial charge is 0.322 e. The van der Waals surface area contributed by atoms with Gasteiger partial charge in [0.15, 0.2) is 17.5 Å². The summed E-state index contributed by atoms with van der Waals surface area (Å²) in [5.74, 6) is -3.84. The van der Waals surface area contributed by atoms with E-state index in [0.717, 1.165) is 17.7 Å². The molecule has 0 saturated carbocycles. The van der Waals surface area contributed by atoms with E-state index < -0.39 is 17.5 Å². The number of rotatable bonds is 1. The van der Waals surface area contributed by atoms with Crippen LogP contribution in [0, 0.1) is 22.9 Å². The lowest BCUT2D eigenvalue weighted by molar-refractivity contribution is 0.447. The van der Waals surface area contributed by atoms with Gasteiger partial charge < -0.3 is 4.90 Å². The molecule has 0 fully saturated rings. The SMILES string of the molecule is N=C1c2ccccc2CN1c1cc(F)c(F)c(F)c1. The molecule has 0 spiro atoms. The zero-order chi connectivity index (χ0) is 13.6. The third-order valence-corrected chi connectivity index (χ3v) is 3.15. The van der Waals surface area contributed by atoms with E-state index in [2.05, 4.69) is 0 Å². The molecular weight excluding hydrogens is 253 g/mol. The smallest absolute Gasteiger partial charge is 0.194 e. The maximum absolute atomic E-state index is 13.2. The van der Waals surface area contributed by atoms with E-state index in [1.54, 1.807) is 12.1 Å². The Hall–Kier alpha value is -2.30. The second-order valence-corrected chi connectivity index (χ2v) is 4.32. The Morgan fingerprint density at radius 1 is 1.00 bits per heavy atom. The van der Waals surface area contributed by atoms with Gasteiger partial charge in [0, 0.05) is 23.4 Å². The van der Waals surface area contributed by atoms with Crippen molar-refractivity contribution < 1.29 is 13.2 Å². The summed E-state index contributed by atoms with van der Waals surface area (Å²) in [5, 5.41) is 8.01. The van der Waals surface area contributed by atoms with E-state index in [1.807, 2.05) is 12.1 Å². The first-order valence-electron chi connectivity index (χ1n) is 5.67. The zero-order valence-electron chi connectivity index (χ0n) is 9.75. The second-order valence-electron chi connectivity index (χ2n) is 4.32. The van der Waals surface area contributed by atoms with Crippen LogP contribution in [0.15, 0.2) is 36.4 Å². The Kier molecular flexibility index (Phi) is 2.55. The van der Waals surface area contributed by atoms with Gasteiger partial charge >= 0.3 is 0 Å². The molecule has 1 aliphatic heterocycles. The molecule has 2 aromatic rings. The van der Waals surface area contributed by atoms with Crippen LogP contribution in [-0.2, 0) is 6.54 Å². The standard InChI is InChI=1S/C14H9F3N2/c15-11-5-9(6-12(16)13(11)17)19-7-8-3-1-2-4-10(8)14(19)18/h1-6,18H,7H2. The van der Waals surface area contributed by atoms with Crippen LogP contribution in [0.3, 0.4) is 0 Å². The lowest BCUT2D eigenvalue weighted by Crippen LogP contribution is -2.23. The average molecular weight is 262 g/mol. The van der Waals surface area contributed by atoms with Crippen molar-refractivity contribution in [1.29, 1.82) is 5.41 Å². The van der Waals surface area contributed by atoms with E-state index in [0.29, 0.717) is 12.1 Å². The predicted molar refractivity (Wildman–Crippen MR) is 65.8 cm³/mol. The molecule has 0 aliphatic carbocycles. The van der Waals surface area contributed by atoms with E-state index in [9.17, 15) is 13.2 Å². The molecule has 3 rings (SSSR count). The van der Waals surface area contributed by atoms with Crippen LogP contribution in [0.1, 0.15) is 11.1 Å². The van der Waals surface area contributed by atoms with E-state index >= 15 is 0 Å². The first kappa shape index (κ1) is 11.8. The number of hydrogen-bond acceptors (Lipinski definition) is 1. The molecule has 1 N–H and O–H groups in total. The Labute approximate surface area is 107 Å². The summed E-state index contributed by atoms with van der Waals surface area (Å²) in [4.78, 5) is 1.44. The summed E-state index contributed by atoms with van der Waals surface area (Å²) in [7, 11) is 0. The van der Waals surface area contributed by atoms with E-state index in [1.165, 1.54) is 4.90 Å². The van der Waals surface area contributed by atoms with Gasteiger partial charge in [-0.05, 0) is 5.56 Å². The lowest BCUT2D eigenvalue weighted by Gasteiger charge is -2.18. The monoisotopic (exact) mass is 262 g/mol. The Morgan fingerprint density at radius 2 is 1.63 bits per heavy atom. The van der Waals surface area contributed by atoms with Crippen LogP contribution in [0.25, 0.3) is 0 Å². The molecule has 0 atom stereocenters. The normalized spacial score (nSPS) is 13.8. The number of nitrogens with zero attached hydrogens (tertiary/aromatic N) is 1. The summed E-state index contributed by atoms with van der Waals surface area (Å²) in [6.07, 6.45) is 0. The fourth-order valence-electron chi connectivity index (χ4n) is 2.20. The van der Waals surface area contributed by atoms with Crippen LogP contribution in [0.5, 0.6) is 0 Å². The molecule has 0 amide bonds. The van der Waals surface area contributed by atoms with Crippen LogP contribution < -0.4 is 4.90 Å². The minimum absolute atomic E-state index is 0.137. The van der Waals surface area contributed by atoms with Gasteiger partial charge in [-0.2, -0.15) is 0 Å². The maximum Gasteiger partial charge on any atom is 0.194 e. The highest BCUT2D eigenvalue weighted by atomic mass is 19.2. The molecule has 2 nitrogen and oxygen atoms in total. The van der Waals surface area contributed by atoms with Crippen molar-refractivity contribution in [3.63, 3.8) is 0 Å². The van der Waals surface area contributed by atoms with Crippen molar-refractivity contribution in [1.82, 2.24) is 0 Å². The molecule has 1 aliphatic rings. The molecular formula is C14H9F3N2. The maximum atomic E-state index is 13.2. The predicted octanol–water partition coefficient (Wildman–Crippen LogP) is 3.45. The first-order chi connectivity index (χ1) is 9.08. The van der Waals surface area contributed by atoms with Gasteiger partial charge in [0.05, 0.1) is 6.54 Å². The summed E-state index contributed by atoms with van der Waals surface area (Å²) < 4.78 is 39.4. The fraction of sp³-hybridized carbons (Fsp3) is 0.0714. The number of amidine groups is 1. The van der Waals surface area contributed by atoms with Crippen molar-refractivity contribution in [2.24, 2.45) is 0 Å². The summed E-state index contributed by atoms with van der Waals surface area (Å²) in [6, 6.07) is 9.05. The number of halogens is 3. The number of fused-ring (bicyclic) bond motifs is 1. The van der Waals surface area contributed by atoms with Crippen LogP contribution in [-0.4, -0.2) is 5.84 Å². The van der Waals surface area contributed by atoms with Gasteiger partial charge in [0.25, 0.3) is 0 Å². The van der Waals surface area contributed by atoms with Gasteiger partial charge in [0.1, 0.15) is 5.84 Å². The highest BCUT2D eigenvalue weighted by Gasteiger charge is 2.26. The summed E-state index contributed by atoms with van der Waals surface area (Å²) in [5.41, 5.74) is 1.75. The quantitative estimate of drug-likeness (QED) is 0.783. The topological polar surface area (TPSA) is 27.1 Å². The molecule has 0 unspecified atom stereocenters. The number of benzene rings is 2. The fourth-order valence-corrected chi connectivity index (χ4v) is 2.20. The highest BCUT2D eigenvalue weighted by Crippen LogP contribution is 2.29. The molecule has 0 aromatic heterocycles. The highest BCUT2D eigenvalue weighted by molar-refractivity contribution is 6.11. The molecule has 1 heterocycles. The molecule has 0 bridgehead atoms. The Morgan fingerprint density at radius 3 is 2.26 bits per heavy atom. The van der Waals surface area contributed by atoms with Gasteiger partial charge in [-0.25, -0.2) is 13.2 Å². The molecule has 19 heavy (non-hydrogen) atoms. The number of hydrogen-bond donors (Lipinski definition) is 1. The minimum atomic E-state index is -1.49. The summed E-state index contributed by atoms with van der Waals surface area (Å²) in [6.45, 7) is 0.347. The second kappa shape index (κ2) is 4.12. The first-order valence-corrected chi connectivity index (χ1v) is 5.67. The average Bonchev–Trinajstić information content (AvgIpc) is 2.73.